The number of benzene rings is 1. The van der Waals surface area contributed by atoms with Gasteiger partial charge in [0.25, 0.3) is 0 Å². The van der Waals surface area contributed by atoms with Crippen LogP contribution in [0.3, 0.4) is 0 Å². The average molecular weight is 282 g/mol. The summed E-state index contributed by atoms with van der Waals surface area (Å²) in [6, 6.07) is 7.41. The number of aliphatic hydroxyl groups excluding tert-OH is 1. The van der Waals surface area contributed by atoms with Gasteiger partial charge in [-0.25, -0.2) is 0 Å². The lowest BCUT2D eigenvalue weighted by Crippen LogP contribution is -2.41. The summed E-state index contributed by atoms with van der Waals surface area (Å²) < 4.78 is 5.42. The zero-order valence-corrected chi connectivity index (χ0v) is 11.4. The Hall–Kier alpha value is -1.24. The minimum atomic E-state index is -0.101. The lowest BCUT2D eigenvalue weighted by molar-refractivity contribution is -0.122. The zero-order chi connectivity index (χ0) is 13.5. The minimum Gasteiger partial charge on any atom is -0.491 e. The van der Waals surface area contributed by atoms with Gasteiger partial charge >= 0.3 is 0 Å². The van der Waals surface area contributed by atoms with Gasteiger partial charge in [-0.1, -0.05) is 18.2 Å². The highest BCUT2D eigenvalue weighted by molar-refractivity contribution is 7.99. The molecule has 0 aromatic heterocycles. The Morgan fingerprint density at radius 2 is 2.37 bits per heavy atom. The van der Waals surface area contributed by atoms with Gasteiger partial charge in [0.2, 0.25) is 5.91 Å². The van der Waals surface area contributed by atoms with Crippen molar-refractivity contribution in [1.82, 2.24) is 10.6 Å². The predicted octanol–water partition coefficient (Wildman–Crippen LogP) is 0.336. The Kier molecular flexibility index (Phi) is 5.50. The third kappa shape index (κ3) is 4.12. The number of carbonyl (C=O) groups is 1. The van der Waals surface area contributed by atoms with Gasteiger partial charge in [0.15, 0.2) is 0 Å². The smallest absolute Gasteiger partial charge is 0.238 e. The van der Waals surface area contributed by atoms with Gasteiger partial charge in [-0.3, -0.25) is 10.1 Å². The second-order valence-corrected chi connectivity index (χ2v) is 5.20. The Morgan fingerprint density at radius 1 is 1.53 bits per heavy atom. The maximum absolute atomic E-state index is 11.9. The highest BCUT2D eigenvalue weighted by atomic mass is 32.2. The third-order valence-electron chi connectivity index (χ3n) is 2.81. The number of hydrogen-bond acceptors (Lipinski definition) is 5. The van der Waals surface area contributed by atoms with Gasteiger partial charge in [-0.05, 0) is 6.07 Å². The van der Waals surface area contributed by atoms with Crippen LogP contribution in [0.1, 0.15) is 5.56 Å². The molecule has 1 aromatic rings. The van der Waals surface area contributed by atoms with E-state index in [2.05, 4.69) is 10.6 Å². The summed E-state index contributed by atoms with van der Waals surface area (Å²) in [7, 11) is 0. The second-order valence-electron chi connectivity index (χ2n) is 4.17. The summed E-state index contributed by atoms with van der Waals surface area (Å²) >= 11 is 1.72. The van der Waals surface area contributed by atoms with E-state index in [1.54, 1.807) is 11.8 Å². The SMILES string of the molecule is O=C(NCc1ccccc1OCCO)C1CSCN1. The summed E-state index contributed by atoms with van der Waals surface area (Å²) in [5.41, 5.74) is 0.912. The standard InChI is InChI=1S/C13H18N2O3S/c16-5-6-18-12-4-2-1-3-10(12)7-14-13(17)11-8-19-9-15-11/h1-4,11,15-16H,5-9H2,(H,14,17). The molecule has 2 rings (SSSR count). The van der Waals surface area contributed by atoms with Crippen LogP contribution in [0.15, 0.2) is 24.3 Å². The fraction of sp³-hybridized carbons (Fsp3) is 0.462. The monoisotopic (exact) mass is 282 g/mol. The largest absolute Gasteiger partial charge is 0.491 e. The normalized spacial score (nSPS) is 18.3. The molecule has 0 radical (unpaired) electrons. The molecule has 104 valence electrons. The molecule has 1 fully saturated rings. The molecule has 1 aliphatic heterocycles. The van der Waals surface area contributed by atoms with Crippen LogP contribution in [-0.4, -0.2) is 41.9 Å². The van der Waals surface area contributed by atoms with E-state index in [4.69, 9.17) is 9.84 Å². The number of aliphatic hydroxyl groups is 1. The van der Waals surface area contributed by atoms with Crippen molar-refractivity contribution in [1.29, 1.82) is 0 Å². The van der Waals surface area contributed by atoms with Crippen LogP contribution in [0.4, 0.5) is 0 Å². The van der Waals surface area contributed by atoms with Crippen LogP contribution in [0.25, 0.3) is 0 Å². The van der Waals surface area contributed by atoms with Gasteiger partial charge < -0.3 is 15.2 Å². The minimum absolute atomic E-state index is 0.0157. The number of carbonyl (C=O) groups excluding carboxylic acids is 1. The van der Waals surface area contributed by atoms with Crippen molar-refractivity contribution in [3.63, 3.8) is 0 Å². The maximum Gasteiger partial charge on any atom is 0.238 e. The average Bonchev–Trinajstić information content (AvgIpc) is 2.97. The van der Waals surface area contributed by atoms with E-state index >= 15 is 0 Å². The third-order valence-corrected chi connectivity index (χ3v) is 3.75. The number of para-hydroxylation sites is 1. The molecule has 19 heavy (non-hydrogen) atoms. The first-order valence-electron chi connectivity index (χ1n) is 6.21. The molecular formula is C13H18N2O3S. The lowest BCUT2D eigenvalue weighted by Gasteiger charge is -2.13. The summed E-state index contributed by atoms with van der Waals surface area (Å²) in [5, 5.41) is 14.8. The summed E-state index contributed by atoms with van der Waals surface area (Å²) in [6.07, 6.45) is 0. The van der Waals surface area contributed by atoms with Gasteiger partial charge in [0, 0.05) is 23.7 Å². The van der Waals surface area contributed by atoms with Crippen molar-refractivity contribution >= 4 is 17.7 Å². The van der Waals surface area contributed by atoms with Gasteiger partial charge in [0.05, 0.1) is 12.6 Å². The van der Waals surface area contributed by atoms with Gasteiger partial charge in [-0.15, -0.1) is 11.8 Å². The van der Waals surface area contributed by atoms with Crippen molar-refractivity contribution in [2.45, 2.75) is 12.6 Å². The molecule has 0 aliphatic carbocycles. The Labute approximate surface area is 116 Å². The number of thioether (sulfide) groups is 1. The maximum atomic E-state index is 11.9. The van der Waals surface area contributed by atoms with E-state index in [0.29, 0.717) is 12.3 Å². The number of nitrogens with one attached hydrogen (secondary N) is 2. The molecule has 0 spiro atoms. The molecule has 1 aliphatic rings. The fourth-order valence-electron chi connectivity index (χ4n) is 1.82. The van der Waals surface area contributed by atoms with Crippen LogP contribution in [0.2, 0.25) is 0 Å². The van der Waals surface area contributed by atoms with E-state index in [1.165, 1.54) is 0 Å². The Bertz CT molecular complexity index is 422. The molecule has 1 aromatic carbocycles. The van der Waals surface area contributed by atoms with Gasteiger partial charge in [-0.2, -0.15) is 0 Å². The molecular weight excluding hydrogens is 264 g/mol. The molecule has 1 atom stereocenters. The second kappa shape index (κ2) is 7.37. The molecule has 3 N–H and O–H groups in total. The highest BCUT2D eigenvalue weighted by Gasteiger charge is 2.22. The Balaban J connectivity index is 1.89. The summed E-state index contributed by atoms with van der Waals surface area (Å²) in [5.74, 6) is 2.36. The van der Waals surface area contributed by atoms with Crippen molar-refractivity contribution in [2.75, 3.05) is 24.8 Å². The molecule has 6 heteroatoms. The molecule has 1 saturated heterocycles. The van der Waals surface area contributed by atoms with Crippen LogP contribution >= 0.6 is 11.8 Å². The molecule has 1 heterocycles. The number of rotatable bonds is 6. The first-order chi connectivity index (χ1) is 9.31. The number of amides is 1. The lowest BCUT2D eigenvalue weighted by atomic mass is 10.2. The van der Waals surface area contributed by atoms with E-state index in [1.807, 2.05) is 24.3 Å². The van der Waals surface area contributed by atoms with E-state index < -0.39 is 0 Å². The van der Waals surface area contributed by atoms with Crippen LogP contribution in [-0.2, 0) is 11.3 Å². The van der Waals surface area contributed by atoms with Crippen LogP contribution in [0, 0.1) is 0 Å². The van der Waals surface area contributed by atoms with Crippen molar-refractivity contribution in [3.8, 4) is 5.75 Å². The Morgan fingerprint density at radius 3 is 3.11 bits per heavy atom. The number of ether oxygens (including phenoxy) is 1. The van der Waals surface area contributed by atoms with Gasteiger partial charge in [0.1, 0.15) is 12.4 Å². The van der Waals surface area contributed by atoms with Crippen LogP contribution in [0.5, 0.6) is 5.75 Å². The fourth-order valence-corrected chi connectivity index (χ4v) is 2.76. The summed E-state index contributed by atoms with van der Waals surface area (Å²) in [4.78, 5) is 11.9. The molecule has 1 amide bonds. The zero-order valence-electron chi connectivity index (χ0n) is 10.6. The van der Waals surface area contributed by atoms with Crippen molar-refractivity contribution < 1.29 is 14.6 Å². The van der Waals surface area contributed by atoms with E-state index in [0.717, 1.165) is 17.2 Å². The van der Waals surface area contributed by atoms with E-state index in [-0.39, 0.29) is 25.2 Å². The molecule has 0 bridgehead atoms. The van der Waals surface area contributed by atoms with E-state index in [9.17, 15) is 4.79 Å². The highest BCUT2D eigenvalue weighted by Crippen LogP contribution is 2.17. The summed E-state index contributed by atoms with van der Waals surface area (Å²) in [6.45, 7) is 0.666. The molecule has 5 nitrogen and oxygen atoms in total. The topological polar surface area (TPSA) is 70.6 Å². The van der Waals surface area contributed by atoms with Crippen molar-refractivity contribution in [3.05, 3.63) is 29.8 Å². The first kappa shape index (κ1) is 14.2. The molecule has 0 saturated carbocycles. The predicted molar refractivity (Wildman–Crippen MR) is 75.1 cm³/mol. The molecule has 1 unspecified atom stereocenters. The quantitative estimate of drug-likeness (QED) is 0.702. The number of hydrogen-bond donors (Lipinski definition) is 3. The first-order valence-corrected chi connectivity index (χ1v) is 7.37. The van der Waals surface area contributed by atoms with Crippen LogP contribution < -0.4 is 15.4 Å². The van der Waals surface area contributed by atoms with Crippen molar-refractivity contribution in [2.24, 2.45) is 0 Å².